The second-order valence-electron chi connectivity index (χ2n) is 9.36. The first-order chi connectivity index (χ1) is 19.0. The molecule has 1 amide bonds. The highest BCUT2D eigenvalue weighted by molar-refractivity contribution is 5.93. The van der Waals surface area contributed by atoms with E-state index in [4.69, 9.17) is 15.1 Å². The van der Waals surface area contributed by atoms with Crippen LogP contribution in [0, 0.1) is 6.92 Å². The highest BCUT2D eigenvalue weighted by Crippen LogP contribution is 2.30. The maximum Gasteiger partial charge on any atom is 0.257 e. The average Bonchev–Trinajstić information content (AvgIpc) is 3.65. The fraction of sp³-hybridized carbons (Fsp3) is 0.241. The van der Waals surface area contributed by atoms with Crippen LogP contribution in [0.1, 0.15) is 58.5 Å². The molecule has 2 aromatic carbocycles. The maximum absolute atomic E-state index is 13.8. The summed E-state index contributed by atoms with van der Waals surface area (Å²) >= 11 is 0. The van der Waals surface area contributed by atoms with Crippen LogP contribution in [0.2, 0.25) is 0 Å². The van der Waals surface area contributed by atoms with Crippen molar-refractivity contribution in [2.75, 3.05) is 0 Å². The highest BCUT2D eigenvalue weighted by Gasteiger charge is 2.19. The average molecular weight is 524 g/mol. The smallest absolute Gasteiger partial charge is 0.257 e. The van der Waals surface area contributed by atoms with E-state index in [2.05, 4.69) is 27.5 Å². The molecule has 0 aliphatic heterocycles. The standard InChI is InChI=1S/C29H29N7O3/c1-3-4-9-25-24(29(38)36(18(2)31-25)17-26-23(27(30)37)14-15-39-26)16-19-10-12-20(13-11-19)21-7-5-6-8-22(21)28-32-34-35-33-28/h5-8,10-15H,3-4,9,16-17H2,1-2H3,(H2,30,37)(H,32,33,34,35). The van der Waals surface area contributed by atoms with Gasteiger partial charge >= 0.3 is 0 Å². The molecule has 0 aliphatic rings. The number of rotatable bonds is 10. The van der Waals surface area contributed by atoms with E-state index in [1.54, 1.807) is 11.5 Å². The number of tetrazole rings is 1. The molecule has 0 atom stereocenters. The van der Waals surface area contributed by atoms with Gasteiger partial charge in [0.15, 0.2) is 0 Å². The second-order valence-corrected chi connectivity index (χ2v) is 9.36. The summed E-state index contributed by atoms with van der Waals surface area (Å²) in [5.41, 5.74) is 10.9. The summed E-state index contributed by atoms with van der Waals surface area (Å²) < 4.78 is 7.03. The van der Waals surface area contributed by atoms with Gasteiger partial charge in [-0.25, -0.2) is 4.98 Å². The van der Waals surface area contributed by atoms with Crippen LogP contribution in [0.5, 0.6) is 0 Å². The third-order valence-electron chi connectivity index (χ3n) is 6.78. The number of carbonyl (C=O) groups is 1. The van der Waals surface area contributed by atoms with Gasteiger partial charge in [-0.3, -0.25) is 14.2 Å². The van der Waals surface area contributed by atoms with E-state index in [9.17, 15) is 9.59 Å². The molecule has 0 unspecified atom stereocenters. The number of nitrogens with one attached hydrogen (secondary N) is 1. The van der Waals surface area contributed by atoms with Crippen LogP contribution in [-0.2, 0) is 19.4 Å². The molecule has 0 aliphatic carbocycles. The topological polar surface area (TPSA) is 146 Å². The van der Waals surface area contributed by atoms with Crippen molar-refractivity contribution in [3.8, 4) is 22.5 Å². The number of furan rings is 1. The largest absolute Gasteiger partial charge is 0.467 e. The zero-order valence-corrected chi connectivity index (χ0v) is 21.8. The van der Waals surface area contributed by atoms with E-state index < -0.39 is 5.91 Å². The fourth-order valence-electron chi connectivity index (χ4n) is 4.71. The van der Waals surface area contributed by atoms with E-state index in [0.717, 1.165) is 40.8 Å². The number of hydrogen-bond donors (Lipinski definition) is 2. The molecule has 0 spiro atoms. The van der Waals surface area contributed by atoms with Gasteiger partial charge in [0.2, 0.25) is 5.82 Å². The van der Waals surface area contributed by atoms with Crippen molar-refractivity contribution >= 4 is 5.91 Å². The summed E-state index contributed by atoms with van der Waals surface area (Å²) in [6.07, 6.45) is 4.47. The van der Waals surface area contributed by atoms with Gasteiger partial charge in [-0.1, -0.05) is 61.9 Å². The maximum atomic E-state index is 13.8. The molecule has 3 heterocycles. The minimum atomic E-state index is -0.599. The second kappa shape index (κ2) is 11.3. The summed E-state index contributed by atoms with van der Waals surface area (Å²) in [7, 11) is 0. The van der Waals surface area contributed by atoms with Gasteiger partial charge in [0, 0.05) is 17.5 Å². The number of hydrogen-bond acceptors (Lipinski definition) is 7. The number of H-pyrrole nitrogens is 1. The van der Waals surface area contributed by atoms with E-state index >= 15 is 0 Å². The lowest BCUT2D eigenvalue weighted by Crippen LogP contribution is -2.30. The molecule has 5 rings (SSSR count). The molecule has 5 aromatic rings. The number of carbonyl (C=O) groups excluding carboxylic acids is 1. The van der Waals surface area contributed by atoms with Crippen LogP contribution in [0.15, 0.2) is 70.1 Å². The van der Waals surface area contributed by atoms with Crippen molar-refractivity contribution in [2.45, 2.75) is 46.1 Å². The number of aromatic nitrogens is 6. The molecule has 0 bridgehead atoms. The van der Waals surface area contributed by atoms with Crippen LogP contribution in [0.3, 0.4) is 0 Å². The summed E-state index contributed by atoms with van der Waals surface area (Å²) in [5.74, 6) is 0.831. The predicted octanol–water partition coefficient (Wildman–Crippen LogP) is 4.07. The number of nitrogens with two attached hydrogens (primary N) is 1. The van der Waals surface area contributed by atoms with Crippen molar-refractivity contribution < 1.29 is 9.21 Å². The molecule has 0 radical (unpaired) electrons. The fourth-order valence-corrected chi connectivity index (χ4v) is 4.71. The Morgan fingerprint density at radius 3 is 2.54 bits per heavy atom. The SMILES string of the molecule is CCCCc1nc(C)n(Cc2occc2C(N)=O)c(=O)c1Cc1ccc(-c2ccccc2-c2nn[nH]n2)cc1. The van der Waals surface area contributed by atoms with Crippen LogP contribution in [0.25, 0.3) is 22.5 Å². The monoisotopic (exact) mass is 523 g/mol. The van der Waals surface area contributed by atoms with Crippen molar-refractivity contribution in [1.82, 2.24) is 30.2 Å². The molecule has 3 aromatic heterocycles. The first-order valence-electron chi connectivity index (χ1n) is 12.8. The van der Waals surface area contributed by atoms with E-state index in [-0.39, 0.29) is 17.7 Å². The molecule has 10 nitrogen and oxygen atoms in total. The van der Waals surface area contributed by atoms with E-state index in [1.165, 1.54) is 12.3 Å². The van der Waals surface area contributed by atoms with Gasteiger partial charge in [-0.15, -0.1) is 10.2 Å². The van der Waals surface area contributed by atoms with E-state index in [0.29, 0.717) is 35.8 Å². The number of nitrogens with zero attached hydrogens (tertiary/aromatic N) is 5. The number of unbranched alkanes of at least 4 members (excludes halogenated alkanes) is 1. The molecular weight excluding hydrogens is 494 g/mol. The quantitative estimate of drug-likeness (QED) is 0.280. The summed E-state index contributed by atoms with van der Waals surface area (Å²) in [5, 5.41) is 14.4. The molecule has 0 fully saturated rings. The van der Waals surface area contributed by atoms with E-state index in [1.807, 2.05) is 48.5 Å². The third-order valence-corrected chi connectivity index (χ3v) is 6.78. The van der Waals surface area contributed by atoms with Gasteiger partial charge in [-0.05, 0) is 47.7 Å². The molecule has 0 saturated heterocycles. The lowest BCUT2D eigenvalue weighted by atomic mass is 9.96. The normalized spacial score (nSPS) is 11.1. The zero-order chi connectivity index (χ0) is 27.4. The minimum absolute atomic E-state index is 0.0792. The van der Waals surface area contributed by atoms with Crippen molar-refractivity contribution in [3.63, 3.8) is 0 Å². The van der Waals surface area contributed by atoms with Gasteiger partial charge < -0.3 is 10.2 Å². The van der Waals surface area contributed by atoms with Crippen LogP contribution in [-0.4, -0.2) is 36.1 Å². The Morgan fingerprint density at radius 2 is 1.85 bits per heavy atom. The number of primary amides is 1. The first kappa shape index (κ1) is 25.8. The van der Waals surface area contributed by atoms with Crippen molar-refractivity contribution in [2.24, 2.45) is 5.73 Å². The van der Waals surface area contributed by atoms with Crippen LogP contribution < -0.4 is 11.3 Å². The van der Waals surface area contributed by atoms with Crippen molar-refractivity contribution in [1.29, 1.82) is 0 Å². The summed E-state index contributed by atoms with van der Waals surface area (Å²) in [6.45, 7) is 3.99. The molecule has 198 valence electrons. The highest BCUT2D eigenvalue weighted by atomic mass is 16.3. The predicted molar refractivity (Wildman–Crippen MR) is 146 cm³/mol. The van der Waals surface area contributed by atoms with Gasteiger partial charge in [0.25, 0.3) is 11.5 Å². The molecule has 10 heteroatoms. The van der Waals surface area contributed by atoms with Crippen molar-refractivity contribution in [3.05, 3.63) is 105 Å². The Kier molecular flexibility index (Phi) is 7.44. The summed E-state index contributed by atoms with van der Waals surface area (Å²) in [6, 6.07) is 17.5. The van der Waals surface area contributed by atoms with Crippen LogP contribution in [0.4, 0.5) is 0 Å². The number of aryl methyl sites for hydroxylation is 2. The van der Waals surface area contributed by atoms with Gasteiger partial charge in [0.05, 0.1) is 24.1 Å². The van der Waals surface area contributed by atoms with Gasteiger partial charge in [0.1, 0.15) is 11.6 Å². The van der Waals surface area contributed by atoms with Gasteiger partial charge in [-0.2, -0.15) is 5.21 Å². The molecule has 0 saturated carbocycles. The lowest BCUT2D eigenvalue weighted by Gasteiger charge is -2.15. The number of amides is 1. The Hall–Kier alpha value is -4.86. The minimum Gasteiger partial charge on any atom is -0.467 e. The van der Waals surface area contributed by atoms with Crippen LogP contribution >= 0.6 is 0 Å². The Bertz CT molecular complexity index is 1650. The Morgan fingerprint density at radius 1 is 1.08 bits per heavy atom. The number of aromatic amines is 1. The summed E-state index contributed by atoms with van der Waals surface area (Å²) in [4.78, 5) is 30.4. The number of benzene rings is 2. The third kappa shape index (κ3) is 5.40. The zero-order valence-electron chi connectivity index (χ0n) is 21.8. The first-order valence-corrected chi connectivity index (χ1v) is 12.8. The molecule has 3 N–H and O–H groups in total. The molecule has 39 heavy (non-hydrogen) atoms. The Balaban J connectivity index is 1.49. The Labute approximate surface area is 224 Å². The molecular formula is C29H29N7O3. The lowest BCUT2D eigenvalue weighted by molar-refractivity contribution is 0.0998.